The number of anilines is 1. The van der Waals surface area contributed by atoms with Crippen molar-refractivity contribution < 1.29 is 82.3 Å². The van der Waals surface area contributed by atoms with Gasteiger partial charge in [0, 0.05) is 37.9 Å². The summed E-state index contributed by atoms with van der Waals surface area (Å²) in [4.78, 5) is 138. The topological polar surface area (TPSA) is 394 Å². The first-order chi connectivity index (χ1) is 32.3. The third-order valence-corrected chi connectivity index (χ3v) is 8.43. The highest BCUT2D eigenvalue weighted by atomic mass is 16.5. The Balaban J connectivity index is -0.00000271. The van der Waals surface area contributed by atoms with E-state index in [1.807, 2.05) is 6.92 Å². The number of primary amides is 1. The van der Waals surface area contributed by atoms with Crippen LogP contribution >= 0.6 is 0 Å². The van der Waals surface area contributed by atoms with Gasteiger partial charge in [-0.3, -0.25) is 52.7 Å². The van der Waals surface area contributed by atoms with Gasteiger partial charge >= 0.3 is 18.0 Å². The summed E-state index contributed by atoms with van der Waals surface area (Å²) in [5, 5.41) is 40.7. The SMILES string of the molecule is CC(=O)O.CCC(NC(=O)CCOCCC(=O)C(C)C)C(=O)NCC(=O)NC(CC(=O)O)C(=O)NC(C(=O)NCC(=O)Nc1ccc(COC(=O)C(C)C)cc1)C(C)C.CCCNC(N)=O.O=CO. The van der Waals surface area contributed by atoms with Gasteiger partial charge in [0.25, 0.3) is 12.4 Å². The van der Waals surface area contributed by atoms with E-state index in [4.69, 9.17) is 35.0 Å². The minimum atomic E-state index is -1.63. The number of ketones is 1. The van der Waals surface area contributed by atoms with Crippen molar-refractivity contribution in [3.8, 4) is 0 Å². The Bertz CT molecular complexity index is 1800. The van der Waals surface area contributed by atoms with E-state index >= 15 is 0 Å². The predicted molar refractivity (Wildman–Crippen MR) is 249 cm³/mol. The van der Waals surface area contributed by atoms with E-state index in [0.29, 0.717) is 17.8 Å². The van der Waals surface area contributed by atoms with Gasteiger partial charge in [-0.05, 0) is 36.5 Å². The molecule has 0 fully saturated rings. The fourth-order valence-corrected chi connectivity index (χ4v) is 4.79. The highest BCUT2D eigenvalue weighted by Gasteiger charge is 2.31. The number of carbonyl (C=O) groups excluding carboxylic acids is 9. The number of benzene rings is 1. The molecule has 3 atom stereocenters. The van der Waals surface area contributed by atoms with Gasteiger partial charge in [0.15, 0.2) is 0 Å². The maximum Gasteiger partial charge on any atom is 0.312 e. The van der Waals surface area contributed by atoms with Crippen LogP contribution in [-0.2, 0) is 68.8 Å². The molecule has 69 heavy (non-hydrogen) atoms. The maximum absolute atomic E-state index is 13.1. The molecule has 0 saturated carbocycles. The van der Waals surface area contributed by atoms with E-state index in [2.05, 4.69) is 37.2 Å². The lowest BCUT2D eigenvalue weighted by Gasteiger charge is -2.25. The van der Waals surface area contributed by atoms with E-state index in [-0.39, 0.29) is 69.1 Å². The molecule has 1 aromatic carbocycles. The smallest absolute Gasteiger partial charge is 0.312 e. The molecule has 1 aromatic rings. The number of amides is 8. The molecule has 390 valence electrons. The third-order valence-electron chi connectivity index (χ3n) is 8.43. The van der Waals surface area contributed by atoms with Crippen LogP contribution in [0, 0.1) is 17.8 Å². The molecule has 12 N–H and O–H groups in total. The average Bonchev–Trinajstić information content (AvgIpc) is 3.26. The van der Waals surface area contributed by atoms with Crippen LogP contribution in [0.15, 0.2) is 24.3 Å². The maximum atomic E-state index is 13.1. The highest BCUT2D eigenvalue weighted by molar-refractivity contribution is 5.98. The lowest BCUT2D eigenvalue weighted by Crippen LogP contribution is -2.57. The van der Waals surface area contributed by atoms with Gasteiger partial charge in [-0.2, -0.15) is 0 Å². The number of ether oxygens (including phenoxy) is 2. The number of urea groups is 1. The second-order valence-corrected chi connectivity index (χ2v) is 15.6. The first-order valence-electron chi connectivity index (χ1n) is 21.9. The zero-order valence-corrected chi connectivity index (χ0v) is 40.8. The van der Waals surface area contributed by atoms with Crippen LogP contribution in [0.2, 0.25) is 0 Å². The van der Waals surface area contributed by atoms with Crippen LogP contribution in [0.4, 0.5) is 10.5 Å². The monoisotopic (exact) mass is 985 g/mol. The Morgan fingerprint density at radius 3 is 1.68 bits per heavy atom. The molecule has 1 rings (SSSR count). The number of carbonyl (C=O) groups is 12. The molecule has 0 aliphatic heterocycles. The Labute approximate surface area is 401 Å². The van der Waals surface area contributed by atoms with Gasteiger partial charge < -0.3 is 67.7 Å². The second-order valence-electron chi connectivity index (χ2n) is 15.6. The van der Waals surface area contributed by atoms with Crippen LogP contribution in [0.25, 0.3) is 0 Å². The molecule has 0 radical (unpaired) electrons. The van der Waals surface area contributed by atoms with E-state index < -0.39 is 97.0 Å². The second kappa shape index (κ2) is 38.9. The van der Waals surface area contributed by atoms with Crippen LogP contribution in [0.3, 0.4) is 0 Å². The van der Waals surface area contributed by atoms with Crippen molar-refractivity contribution in [1.29, 1.82) is 0 Å². The summed E-state index contributed by atoms with van der Waals surface area (Å²) in [6.45, 7) is 14.5. The van der Waals surface area contributed by atoms with Crippen LogP contribution in [0.1, 0.15) is 100.0 Å². The summed E-state index contributed by atoms with van der Waals surface area (Å²) in [5.74, 6) is -7.88. The summed E-state index contributed by atoms with van der Waals surface area (Å²) >= 11 is 0. The Morgan fingerprint density at radius 2 is 1.22 bits per heavy atom. The van der Waals surface area contributed by atoms with Gasteiger partial charge in [-0.1, -0.05) is 67.5 Å². The fraction of sp³-hybridized carbons (Fsp3) is 0.591. The zero-order valence-electron chi connectivity index (χ0n) is 40.8. The number of Topliss-reactive ketones (excluding diaryl/α,β-unsaturated/α-hetero) is 1. The van der Waals surface area contributed by atoms with E-state index in [1.54, 1.807) is 72.7 Å². The number of esters is 1. The van der Waals surface area contributed by atoms with Gasteiger partial charge in [0.1, 0.15) is 30.5 Å². The number of rotatable bonds is 27. The highest BCUT2D eigenvalue weighted by Crippen LogP contribution is 2.12. The van der Waals surface area contributed by atoms with Crippen molar-refractivity contribution in [2.24, 2.45) is 23.5 Å². The number of hydrogen-bond donors (Lipinski definition) is 11. The molecule has 8 amide bonds. The largest absolute Gasteiger partial charge is 0.483 e. The molecule has 0 aliphatic carbocycles. The van der Waals surface area contributed by atoms with E-state index in [1.165, 1.54) is 0 Å². The summed E-state index contributed by atoms with van der Waals surface area (Å²) < 4.78 is 10.5. The zero-order chi connectivity index (χ0) is 53.6. The van der Waals surface area contributed by atoms with Gasteiger partial charge in [-0.15, -0.1) is 0 Å². The van der Waals surface area contributed by atoms with E-state index in [9.17, 15) is 53.1 Å². The molecule has 0 heterocycles. The van der Waals surface area contributed by atoms with E-state index in [0.717, 1.165) is 13.3 Å². The normalized spacial score (nSPS) is 11.4. The van der Waals surface area contributed by atoms with Crippen molar-refractivity contribution in [3.05, 3.63) is 29.8 Å². The summed E-state index contributed by atoms with van der Waals surface area (Å²) in [6, 6.07) is 2.22. The lowest BCUT2D eigenvalue weighted by atomic mass is 10.0. The third kappa shape index (κ3) is 36.6. The van der Waals surface area contributed by atoms with Gasteiger partial charge in [0.05, 0.1) is 38.6 Å². The molecular weight excluding hydrogens is 913 g/mol. The standard InChI is InChI=1S/C37H56N6O12.C4H10N2O.C2H4O2.CH2O2/c1-8-26(41-29(45)14-16-54-15-13-28(44)21(2)3)34(50)38-19-31(47)42-27(17-32(48)49)35(51)43-33(22(4)5)36(52)39-18-30(46)40-25-11-9-24(10-12-25)20-55-37(53)23(6)7;1-2-3-6-4(5)7;1-2(3)4;2-1-3/h9-12,21-23,26-27,33H,8,13-20H2,1-7H3,(H,38,50)(H,39,52)(H,40,46)(H,41,45)(H,42,47)(H,43,51)(H,48,49);2-3H2,1H3,(H3,5,6,7);1H3,(H,3,4);1H,(H,2,3). The molecule has 0 spiro atoms. The number of carboxylic acids is 2. The molecule has 0 aromatic heterocycles. The molecule has 0 bridgehead atoms. The molecule has 25 nitrogen and oxygen atoms in total. The summed E-state index contributed by atoms with van der Waals surface area (Å²) in [6.07, 6.45) is 0.427. The number of aliphatic carboxylic acids is 2. The number of nitrogens with one attached hydrogen (secondary N) is 7. The quantitative estimate of drug-likeness (QED) is 0.0323. The summed E-state index contributed by atoms with van der Waals surface area (Å²) in [5.41, 5.74) is 5.85. The molecule has 0 saturated heterocycles. The fourth-order valence-electron chi connectivity index (χ4n) is 4.79. The van der Waals surface area contributed by atoms with Crippen molar-refractivity contribution in [1.82, 2.24) is 31.9 Å². The average molecular weight is 985 g/mol. The molecule has 3 unspecified atom stereocenters. The van der Waals surface area contributed by atoms with Crippen LogP contribution in [-0.4, -0.2) is 138 Å². The first kappa shape index (κ1) is 66.1. The van der Waals surface area contributed by atoms with Crippen LogP contribution < -0.4 is 43.0 Å². The number of hydrogen-bond acceptors (Lipinski definition) is 14. The van der Waals surface area contributed by atoms with Crippen molar-refractivity contribution in [2.45, 2.75) is 119 Å². The Kier molecular flexibility index (Phi) is 37.2. The first-order valence-corrected chi connectivity index (χ1v) is 21.9. The van der Waals surface area contributed by atoms with Gasteiger partial charge in [-0.25, -0.2) is 4.79 Å². The minimum Gasteiger partial charge on any atom is -0.483 e. The number of carboxylic acid groups (broad SMARTS) is 3. The van der Waals surface area contributed by atoms with Crippen molar-refractivity contribution >= 4 is 77.3 Å². The number of nitrogens with two attached hydrogens (primary N) is 1. The predicted octanol–water partition coefficient (Wildman–Crippen LogP) is 0.430. The van der Waals surface area contributed by atoms with Crippen LogP contribution in [0.5, 0.6) is 0 Å². The molecular formula is C44H72N8O17. The van der Waals surface area contributed by atoms with Gasteiger partial charge in [0.2, 0.25) is 35.4 Å². The Hall–Kier alpha value is -7.18. The Morgan fingerprint density at radius 1 is 0.696 bits per heavy atom. The van der Waals surface area contributed by atoms with Crippen molar-refractivity contribution in [3.63, 3.8) is 0 Å². The minimum absolute atomic E-state index is 0.0378. The van der Waals surface area contributed by atoms with Crippen molar-refractivity contribution in [2.75, 3.05) is 38.2 Å². The molecule has 25 heteroatoms. The summed E-state index contributed by atoms with van der Waals surface area (Å²) in [7, 11) is 0. The lowest BCUT2D eigenvalue weighted by molar-refractivity contribution is -0.148. The molecule has 0 aliphatic rings.